The quantitative estimate of drug-likeness (QED) is 0.626. The minimum Gasteiger partial charge on any atom is -0.486 e. The fourth-order valence-electron chi connectivity index (χ4n) is 3.06. The maximum absolute atomic E-state index is 13.0. The van der Waals surface area contributed by atoms with Gasteiger partial charge in [0.1, 0.15) is 13.2 Å². The minimum absolute atomic E-state index is 0.178. The van der Waals surface area contributed by atoms with Gasteiger partial charge in [-0.1, -0.05) is 6.42 Å². The molecule has 1 aromatic rings. The highest BCUT2D eigenvalue weighted by Gasteiger charge is 2.38. The highest BCUT2D eigenvalue weighted by molar-refractivity contribution is 7.89. The summed E-state index contributed by atoms with van der Waals surface area (Å²) in [6.07, 6.45) is 2.24. The normalized spacial score (nSPS) is 21.5. The fourth-order valence-corrected chi connectivity index (χ4v) is 4.92. The maximum Gasteiger partial charge on any atom is 0.293 e. The van der Waals surface area contributed by atoms with Gasteiger partial charge in [0, 0.05) is 25.2 Å². The fraction of sp³-hybridized carbons (Fsp3) is 0.571. The lowest BCUT2D eigenvalue weighted by Crippen LogP contribution is -2.47. The highest BCUT2D eigenvalue weighted by atomic mass is 32.2. The van der Waals surface area contributed by atoms with Crippen LogP contribution in [0.2, 0.25) is 0 Å². The molecule has 3 rings (SSSR count). The molecule has 2 heterocycles. The number of hydrogen-bond donors (Lipinski definition) is 1. The summed E-state index contributed by atoms with van der Waals surface area (Å²) in [5.74, 6) is 0.382. The molecule has 1 aromatic carbocycles. The smallest absolute Gasteiger partial charge is 0.293 e. The summed E-state index contributed by atoms with van der Waals surface area (Å²) >= 11 is 0. The lowest BCUT2D eigenvalue weighted by molar-refractivity contribution is -0.388. The molecule has 10 heteroatoms. The van der Waals surface area contributed by atoms with E-state index in [-0.39, 0.29) is 42.2 Å². The van der Waals surface area contributed by atoms with Crippen molar-refractivity contribution in [2.75, 3.05) is 26.3 Å². The summed E-state index contributed by atoms with van der Waals surface area (Å²) in [5, 5.41) is 11.4. The Kier molecular flexibility index (Phi) is 4.61. The Morgan fingerprint density at radius 3 is 2.54 bits per heavy atom. The van der Waals surface area contributed by atoms with Crippen molar-refractivity contribution in [2.24, 2.45) is 5.73 Å². The topological polar surface area (TPSA) is 125 Å². The van der Waals surface area contributed by atoms with Crippen LogP contribution in [0.15, 0.2) is 17.0 Å². The van der Waals surface area contributed by atoms with E-state index in [4.69, 9.17) is 15.2 Å². The summed E-state index contributed by atoms with van der Waals surface area (Å²) in [6.45, 7) is 1.00. The van der Waals surface area contributed by atoms with Crippen LogP contribution in [0.5, 0.6) is 11.5 Å². The third kappa shape index (κ3) is 2.92. The lowest BCUT2D eigenvalue weighted by atomic mass is 10.1. The van der Waals surface area contributed by atoms with Gasteiger partial charge < -0.3 is 15.2 Å². The van der Waals surface area contributed by atoms with E-state index in [1.54, 1.807) is 0 Å². The first-order valence-electron chi connectivity index (χ1n) is 7.75. The maximum atomic E-state index is 13.0. The van der Waals surface area contributed by atoms with Crippen LogP contribution in [0.3, 0.4) is 0 Å². The van der Waals surface area contributed by atoms with Crippen LogP contribution in [-0.2, 0) is 10.0 Å². The van der Waals surface area contributed by atoms with Gasteiger partial charge in [-0.05, 0) is 12.8 Å². The second kappa shape index (κ2) is 6.54. The van der Waals surface area contributed by atoms with Crippen molar-refractivity contribution >= 4 is 15.7 Å². The van der Waals surface area contributed by atoms with Gasteiger partial charge in [0.2, 0.25) is 10.0 Å². The van der Waals surface area contributed by atoms with Crippen LogP contribution < -0.4 is 15.2 Å². The third-order valence-corrected chi connectivity index (χ3v) is 6.23. The van der Waals surface area contributed by atoms with Crippen LogP contribution in [0.4, 0.5) is 5.69 Å². The van der Waals surface area contributed by atoms with Crippen LogP contribution in [0.1, 0.15) is 19.3 Å². The first-order valence-corrected chi connectivity index (χ1v) is 9.19. The zero-order valence-electron chi connectivity index (χ0n) is 13.0. The van der Waals surface area contributed by atoms with E-state index >= 15 is 0 Å². The molecule has 1 unspecified atom stereocenters. The summed E-state index contributed by atoms with van der Waals surface area (Å²) in [5.41, 5.74) is 5.18. The summed E-state index contributed by atoms with van der Waals surface area (Å²) in [4.78, 5) is 10.3. The second-order valence-corrected chi connectivity index (χ2v) is 7.58. The molecule has 2 aliphatic rings. The van der Waals surface area contributed by atoms with E-state index in [2.05, 4.69) is 0 Å². The molecule has 0 saturated carbocycles. The number of ether oxygens (including phenoxy) is 2. The first-order chi connectivity index (χ1) is 11.4. The Labute approximate surface area is 139 Å². The Morgan fingerprint density at radius 2 is 1.92 bits per heavy atom. The lowest BCUT2D eigenvalue weighted by Gasteiger charge is -2.33. The third-order valence-electron chi connectivity index (χ3n) is 4.25. The second-order valence-electron chi connectivity index (χ2n) is 5.72. The predicted molar refractivity (Wildman–Crippen MR) is 84.7 cm³/mol. The van der Waals surface area contributed by atoms with Crippen LogP contribution in [0, 0.1) is 10.1 Å². The minimum atomic E-state index is -4.06. The molecule has 24 heavy (non-hydrogen) atoms. The molecular formula is C14H19N3O6S. The Hall–Kier alpha value is -1.91. The number of piperidine rings is 1. The Balaban J connectivity index is 2.10. The zero-order valence-corrected chi connectivity index (χ0v) is 13.8. The SMILES string of the molecule is NCC1CCCCN1S(=O)(=O)c1cc2c(cc1[N+](=O)[O-])OCCO2. The van der Waals surface area contributed by atoms with E-state index in [0.29, 0.717) is 19.4 Å². The molecule has 2 N–H and O–H groups in total. The molecule has 0 aromatic heterocycles. The van der Waals surface area contributed by atoms with Gasteiger partial charge in [-0.2, -0.15) is 4.31 Å². The molecule has 0 amide bonds. The number of nitrogens with two attached hydrogens (primary N) is 1. The Morgan fingerprint density at radius 1 is 1.25 bits per heavy atom. The standard InChI is InChI=1S/C14H19N3O6S/c15-9-10-3-1-2-4-16(10)24(20,21)14-8-13-12(22-5-6-23-13)7-11(14)17(18)19/h7-8,10H,1-6,9,15H2. The average molecular weight is 357 g/mol. The van der Waals surface area contributed by atoms with Gasteiger partial charge in [0.25, 0.3) is 5.69 Å². The van der Waals surface area contributed by atoms with E-state index < -0.39 is 20.6 Å². The number of nitro benzene ring substituents is 1. The van der Waals surface area contributed by atoms with Crippen molar-refractivity contribution in [1.29, 1.82) is 0 Å². The van der Waals surface area contributed by atoms with Crippen molar-refractivity contribution in [3.05, 3.63) is 22.2 Å². The van der Waals surface area contributed by atoms with Gasteiger partial charge in [0.15, 0.2) is 16.4 Å². The summed E-state index contributed by atoms with van der Waals surface area (Å²) in [7, 11) is -4.06. The molecule has 0 aliphatic carbocycles. The predicted octanol–water partition coefficient (Wildman–Crippen LogP) is 0.868. The largest absolute Gasteiger partial charge is 0.486 e. The number of nitro groups is 1. The molecule has 1 saturated heterocycles. The van der Waals surface area contributed by atoms with Gasteiger partial charge in [-0.3, -0.25) is 10.1 Å². The molecule has 0 bridgehead atoms. The van der Waals surface area contributed by atoms with Crippen LogP contribution in [-0.4, -0.2) is 50.0 Å². The highest BCUT2D eigenvalue weighted by Crippen LogP contribution is 2.40. The molecule has 9 nitrogen and oxygen atoms in total. The van der Waals surface area contributed by atoms with Crippen LogP contribution >= 0.6 is 0 Å². The number of nitrogens with zero attached hydrogens (tertiary/aromatic N) is 2. The summed E-state index contributed by atoms with van der Waals surface area (Å²) in [6, 6.07) is 1.95. The van der Waals surface area contributed by atoms with Gasteiger partial charge in [-0.25, -0.2) is 8.42 Å². The summed E-state index contributed by atoms with van der Waals surface area (Å²) < 4.78 is 38.0. The molecule has 0 radical (unpaired) electrons. The number of benzene rings is 1. The van der Waals surface area contributed by atoms with Gasteiger partial charge >= 0.3 is 0 Å². The van der Waals surface area contributed by atoms with Crippen molar-refractivity contribution < 1.29 is 22.8 Å². The zero-order chi connectivity index (χ0) is 17.3. The van der Waals surface area contributed by atoms with Crippen LogP contribution in [0.25, 0.3) is 0 Å². The van der Waals surface area contributed by atoms with E-state index in [0.717, 1.165) is 12.5 Å². The van der Waals surface area contributed by atoms with E-state index in [1.807, 2.05) is 0 Å². The van der Waals surface area contributed by atoms with Crippen molar-refractivity contribution in [1.82, 2.24) is 4.31 Å². The van der Waals surface area contributed by atoms with Gasteiger partial charge in [-0.15, -0.1) is 0 Å². The molecule has 1 atom stereocenters. The molecule has 0 spiro atoms. The van der Waals surface area contributed by atoms with E-state index in [9.17, 15) is 18.5 Å². The average Bonchev–Trinajstić information content (AvgIpc) is 2.60. The van der Waals surface area contributed by atoms with Crippen molar-refractivity contribution in [2.45, 2.75) is 30.2 Å². The van der Waals surface area contributed by atoms with Gasteiger partial charge in [0.05, 0.1) is 11.0 Å². The van der Waals surface area contributed by atoms with Crippen molar-refractivity contribution in [3.63, 3.8) is 0 Å². The van der Waals surface area contributed by atoms with E-state index in [1.165, 1.54) is 10.4 Å². The van der Waals surface area contributed by atoms with Crippen molar-refractivity contribution in [3.8, 4) is 11.5 Å². The molecule has 1 fully saturated rings. The Bertz CT molecular complexity index is 751. The number of fused-ring (bicyclic) bond motifs is 1. The first kappa shape index (κ1) is 16.9. The molecular weight excluding hydrogens is 338 g/mol. The number of sulfonamides is 1. The number of hydrogen-bond acceptors (Lipinski definition) is 7. The molecule has 132 valence electrons. The monoisotopic (exact) mass is 357 g/mol. The molecule has 2 aliphatic heterocycles. The number of rotatable bonds is 4.